The van der Waals surface area contributed by atoms with Crippen molar-refractivity contribution in [3.05, 3.63) is 23.8 Å². The van der Waals surface area contributed by atoms with Crippen molar-refractivity contribution in [3.8, 4) is 0 Å². The van der Waals surface area contributed by atoms with Crippen molar-refractivity contribution < 1.29 is 9.90 Å². The molecule has 0 spiro atoms. The zero-order valence-electron chi connectivity index (χ0n) is 9.40. The first-order valence-electron chi connectivity index (χ1n) is 5.30. The lowest BCUT2D eigenvalue weighted by molar-refractivity contribution is -0.137. The van der Waals surface area contributed by atoms with Crippen molar-refractivity contribution in [1.82, 2.24) is 0 Å². The highest BCUT2D eigenvalue weighted by Gasteiger charge is 1.99. The highest BCUT2D eigenvalue weighted by Crippen LogP contribution is 2.23. The molecule has 0 radical (unpaired) electrons. The van der Waals surface area contributed by atoms with Gasteiger partial charge in [0.15, 0.2) is 0 Å². The van der Waals surface area contributed by atoms with Crippen molar-refractivity contribution in [2.24, 2.45) is 0 Å². The van der Waals surface area contributed by atoms with E-state index in [1.165, 1.54) is 4.90 Å². The average Bonchev–Trinajstić information content (AvgIpc) is 2.22. The van der Waals surface area contributed by atoms with E-state index in [0.717, 1.165) is 29.8 Å². The minimum Gasteiger partial charge on any atom is -0.481 e. The first kappa shape index (κ1) is 12.9. The molecular formula is C12H17NO2S. The summed E-state index contributed by atoms with van der Waals surface area (Å²) in [6.45, 7) is 1.99. The fourth-order valence-electron chi connectivity index (χ4n) is 1.31. The second-order valence-electron chi connectivity index (χ2n) is 3.72. The second-order valence-corrected chi connectivity index (χ2v) is 4.89. The van der Waals surface area contributed by atoms with Gasteiger partial charge < -0.3 is 10.8 Å². The van der Waals surface area contributed by atoms with Gasteiger partial charge in [0.2, 0.25) is 0 Å². The van der Waals surface area contributed by atoms with Crippen LogP contribution in [0.3, 0.4) is 0 Å². The van der Waals surface area contributed by atoms with Gasteiger partial charge in [0.1, 0.15) is 0 Å². The molecule has 4 heteroatoms. The summed E-state index contributed by atoms with van der Waals surface area (Å²) in [6, 6.07) is 5.98. The van der Waals surface area contributed by atoms with Crippen LogP contribution in [-0.4, -0.2) is 16.8 Å². The summed E-state index contributed by atoms with van der Waals surface area (Å²) >= 11 is 1.75. The molecule has 0 saturated heterocycles. The molecule has 0 atom stereocenters. The van der Waals surface area contributed by atoms with Crippen molar-refractivity contribution >= 4 is 23.4 Å². The number of aryl methyl sites for hydroxylation is 1. The quantitative estimate of drug-likeness (QED) is 0.455. The number of anilines is 1. The molecule has 1 aromatic rings. The van der Waals surface area contributed by atoms with E-state index in [4.69, 9.17) is 10.8 Å². The first-order chi connectivity index (χ1) is 7.59. The van der Waals surface area contributed by atoms with E-state index in [9.17, 15) is 4.79 Å². The summed E-state index contributed by atoms with van der Waals surface area (Å²) in [5.41, 5.74) is 7.63. The summed E-state index contributed by atoms with van der Waals surface area (Å²) < 4.78 is 0. The van der Waals surface area contributed by atoms with Gasteiger partial charge in [-0.05, 0) is 49.3 Å². The molecule has 0 amide bonds. The van der Waals surface area contributed by atoms with Gasteiger partial charge >= 0.3 is 5.97 Å². The number of nitrogens with two attached hydrogens (primary N) is 1. The van der Waals surface area contributed by atoms with Crippen LogP contribution in [-0.2, 0) is 4.79 Å². The number of benzene rings is 1. The predicted molar refractivity (Wildman–Crippen MR) is 67.8 cm³/mol. The van der Waals surface area contributed by atoms with Crippen molar-refractivity contribution in [2.45, 2.75) is 31.1 Å². The van der Waals surface area contributed by atoms with E-state index >= 15 is 0 Å². The molecular weight excluding hydrogens is 222 g/mol. The van der Waals surface area contributed by atoms with Crippen LogP contribution in [0.1, 0.15) is 24.8 Å². The summed E-state index contributed by atoms with van der Waals surface area (Å²) in [5, 5.41) is 8.48. The largest absolute Gasteiger partial charge is 0.481 e. The smallest absolute Gasteiger partial charge is 0.303 e. The Labute approximate surface area is 100 Å². The molecule has 0 aliphatic carbocycles. The molecule has 0 fully saturated rings. The van der Waals surface area contributed by atoms with Gasteiger partial charge in [0.25, 0.3) is 0 Å². The maximum atomic E-state index is 10.3. The third-order valence-electron chi connectivity index (χ3n) is 2.29. The van der Waals surface area contributed by atoms with Crippen LogP contribution in [0.25, 0.3) is 0 Å². The van der Waals surface area contributed by atoms with Gasteiger partial charge in [-0.25, -0.2) is 0 Å². The Balaban J connectivity index is 2.27. The molecule has 3 nitrogen and oxygen atoms in total. The Morgan fingerprint density at radius 2 is 2.19 bits per heavy atom. The Bertz CT molecular complexity index is 366. The first-order valence-corrected chi connectivity index (χ1v) is 6.29. The fraction of sp³-hybridized carbons (Fsp3) is 0.417. The van der Waals surface area contributed by atoms with Crippen LogP contribution in [0, 0.1) is 6.92 Å². The summed E-state index contributed by atoms with van der Waals surface area (Å²) in [7, 11) is 0. The molecule has 1 aromatic carbocycles. The zero-order valence-corrected chi connectivity index (χ0v) is 10.2. The van der Waals surface area contributed by atoms with Crippen LogP contribution in [0.4, 0.5) is 5.69 Å². The van der Waals surface area contributed by atoms with Crippen molar-refractivity contribution in [2.75, 3.05) is 11.5 Å². The maximum Gasteiger partial charge on any atom is 0.303 e. The second kappa shape index (κ2) is 6.43. The normalized spacial score (nSPS) is 10.3. The molecule has 0 heterocycles. The summed E-state index contributed by atoms with van der Waals surface area (Å²) in [5.74, 6) is 0.240. The Morgan fingerprint density at radius 3 is 2.81 bits per heavy atom. The topological polar surface area (TPSA) is 63.3 Å². The zero-order chi connectivity index (χ0) is 12.0. The molecule has 88 valence electrons. The Morgan fingerprint density at radius 1 is 1.44 bits per heavy atom. The van der Waals surface area contributed by atoms with Crippen LogP contribution < -0.4 is 5.73 Å². The number of unbranched alkanes of at least 4 members (excludes halogenated alkanes) is 1. The SMILES string of the molecule is Cc1cc(SCCCCC(=O)O)ccc1N. The number of hydrogen-bond acceptors (Lipinski definition) is 3. The fourth-order valence-corrected chi connectivity index (χ4v) is 2.31. The number of carboxylic acid groups (broad SMARTS) is 1. The van der Waals surface area contributed by atoms with Crippen molar-refractivity contribution in [3.63, 3.8) is 0 Å². The van der Waals surface area contributed by atoms with Crippen molar-refractivity contribution in [1.29, 1.82) is 0 Å². The number of carboxylic acids is 1. The highest BCUT2D eigenvalue weighted by molar-refractivity contribution is 7.99. The van der Waals surface area contributed by atoms with Crippen LogP contribution in [0.2, 0.25) is 0 Å². The number of nitrogen functional groups attached to an aromatic ring is 1. The van der Waals surface area contributed by atoms with Gasteiger partial charge in [-0.1, -0.05) is 0 Å². The Kier molecular flexibility index (Phi) is 5.19. The third kappa shape index (κ3) is 4.57. The molecule has 0 unspecified atom stereocenters. The van der Waals surface area contributed by atoms with E-state index in [1.807, 2.05) is 19.1 Å². The van der Waals surface area contributed by atoms with E-state index in [-0.39, 0.29) is 6.42 Å². The molecule has 0 aliphatic heterocycles. The van der Waals surface area contributed by atoms with Crippen LogP contribution in [0.15, 0.2) is 23.1 Å². The van der Waals surface area contributed by atoms with Gasteiger partial charge in [0, 0.05) is 17.0 Å². The summed E-state index contributed by atoms with van der Waals surface area (Å²) in [6.07, 6.45) is 1.94. The van der Waals surface area contributed by atoms with Gasteiger partial charge in [-0.15, -0.1) is 11.8 Å². The molecule has 0 aromatic heterocycles. The van der Waals surface area contributed by atoms with E-state index in [1.54, 1.807) is 11.8 Å². The number of carbonyl (C=O) groups is 1. The minimum atomic E-state index is -0.715. The average molecular weight is 239 g/mol. The Hall–Kier alpha value is -1.16. The lowest BCUT2D eigenvalue weighted by atomic mass is 10.2. The minimum absolute atomic E-state index is 0.265. The van der Waals surface area contributed by atoms with E-state index in [2.05, 4.69) is 6.07 Å². The molecule has 1 rings (SSSR count). The van der Waals surface area contributed by atoms with Gasteiger partial charge in [-0.2, -0.15) is 0 Å². The standard InChI is InChI=1S/C12H17NO2S/c1-9-8-10(5-6-11(9)13)16-7-3-2-4-12(14)15/h5-6,8H,2-4,7,13H2,1H3,(H,14,15). The molecule has 0 bridgehead atoms. The van der Waals surface area contributed by atoms with Gasteiger partial charge in [0.05, 0.1) is 0 Å². The third-order valence-corrected chi connectivity index (χ3v) is 3.38. The van der Waals surface area contributed by atoms with Crippen LogP contribution in [0.5, 0.6) is 0 Å². The predicted octanol–water partition coefficient (Wildman–Crippen LogP) is 2.92. The lowest BCUT2D eigenvalue weighted by Crippen LogP contribution is -1.94. The summed E-state index contributed by atoms with van der Waals surface area (Å²) in [4.78, 5) is 11.5. The van der Waals surface area contributed by atoms with Gasteiger partial charge in [-0.3, -0.25) is 4.79 Å². The number of rotatable bonds is 6. The van der Waals surface area contributed by atoms with Crippen LogP contribution >= 0.6 is 11.8 Å². The monoisotopic (exact) mass is 239 g/mol. The number of aliphatic carboxylic acids is 1. The highest BCUT2D eigenvalue weighted by atomic mass is 32.2. The lowest BCUT2D eigenvalue weighted by Gasteiger charge is -2.04. The molecule has 0 aliphatic rings. The van der Waals surface area contributed by atoms with E-state index in [0.29, 0.717) is 0 Å². The molecule has 0 saturated carbocycles. The van der Waals surface area contributed by atoms with E-state index < -0.39 is 5.97 Å². The maximum absolute atomic E-state index is 10.3. The molecule has 3 N–H and O–H groups in total. The molecule has 16 heavy (non-hydrogen) atoms. The number of thioether (sulfide) groups is 1. The number of hydrogen-bond donors (Lipinski definition) is 2.